The maximum Gasteiger partial charge on any atom is 0.320 e. The first kappa shape index (κ1) is 21.3. The third kappa shape index (κ3) is 4.15. The van der Waals surface area contributed by atoms with Gasteiger partial charge < -0.3 is 4.74 Å². The van der Waals surface area contributed by atoms with Gasteiger partial charge in [0.05, 0.1) is 12.3 Å². The van der Waals surface area contributed by atoms with Crippen LogP contribution in [0.5, 0.6) is 0 Å². The molecular formula is C22H26N6O2S. The Balaban J connectivity index is 1.82. The Kier molecular flexibility index (Phi) is 5.49. The molecule has 1 aliphatic rings. The lowest BCUT2D eigenvalue weighted by atomic mass is 10.0. The van der Waals surface area contributed by atoms with Gasteiger partial charge in [-0.25, -0.2) is 0 Å². The Morgan fingerprint density at radius 2 is 1.90 bits per heavy atom. The van der Waals surface area contributed by atoms with Crippen LogP contribution in [0, 0.1) is 20.8 Å². The summed E-state index contributed by atoms with van der Waals surface area (Å²) in [6, 6.07) is 3.89. The van der Waals surface area contributed by atoms with E-state index in [1.165, 1.54) is 10.4 Å². The SMILES string of the molecule is Cc1sc2c(c1C)C(c1ccncc1)=NC(NCC(=O)OC(C)(C)C)c1nnc(C)n1-2. The fourth-order valence-corrected chi connectivity index (χ4v) is 4.74. The zero-order valence-corrected chi connectivity index (χ0v) is 19.4. The molecule has 1 N–H and O–H groups in total. The number of hydrogen-bond donors (Lipinski definition) is 1. The van der Waals surface area contributed by atoms with Gasteiger partial charge in [0.2, 0.25) is 0 Å². The Morgan fingerprint density at radius 1 is 1.19 bits per heavy atom. The van der Waals surface area contributed by atoms with E-state index in [2.05, 4.69) is 34.3 Å². The number of nitrogens with zero attached hydrogens (tertiary/aromatic N) is 5. The third-order valence-electron chi connectivity index (χ3n) is 4.97. The lowest BCUT2D eigenvalue weighted by Crippen LogP contribution is -2.34. The average molecular weight is 439 g/mol. The van der Waals surface area contributed by atoms with Crippen LogP contribution < -0.4 is 5.32 Å². The molecule has 1 unspecified atom stereocenters. The fraction of sp³-hybridized carbons (Fsp3) is 0.409. The van der Waals surface area contributed by atoms with Crippen molar-refractivity contribution in [2.45, 2.75) is 53.3 Å². The summed E-state index contributed by atoms with van der Waals surface area (Å²) in [5, 5.41) is 12.9. The largest absolute Gasteiger partial charge is 0.459 e. The van der Waals surface area contributed by atoms with Crippen LogP contribution in [0.2, 0.25) is 0 Å². The summed E-state index contributed by atoms with van der Waals surface area (Å²) in [7, 11) is 0. The molecule has 1 aliphatic heterocycles. The minimum Gasteiger partial charge on any atom is -0.459 e. The van der Waals surface area contributed by atoms with Gasteiger partial charge in [-0.05, 0) is 59.2 Å². The number of carbonyl (C=O) groups excluding carboxylic acids is 1. The first-order valence-electron chi connectivity index (χ1n) is 10.1. The first-order valence-corrected chi connectivity index (χ1v) is 10.9. The first-order chi connectivity index (χ1) is 14.7. The molecule has 0 amide bonds. The van der Waals surface area contributed by atoms with E-state index >= 15 is 0 Å². The van der Waals surface area contributed by atoms with Crippen LogP contribution in [0.4, 0.5) is 0 Å². The van der Waals surface area contributed by atoms with Crippen LogP contribution in [-0.4, -0.2) is 43.6 Å². The number of carbonyl (C=O) groups is 1. The third-order valence-corrected chi connectivity index (χ3v) is 6.17. The Morgan fingerprint density at radius 3 is 2.58 bits per heavy atom. The molecular weight excluding hydrogens is 412 g/mol. The smallest absolute Gasteiger partial charge is 0.320 e. The van der Waals surface area contributed by atoms with Gasteiger partial charge in [-0.15, -0.1) is 21.5 Å². The van der Waals surface area contributed by atoms with E-state index in [0.29, 0.717) is 5.82 Å². The van der Waals surface area contributed by atoms with E-state index in [-0.39, 0.29) is 12.5 Å². The second kappa shape index (κ2) is 7.97. The van der Waals surface area contributed by atoms with Crippen molar-refractivity contribution in [2.75, 3.05) is 6.54 Å². The van der Waals surface area contributed by atoms with Crippen LogP contribution in [0.25, 0.3) is 5.00 Å². The molecule has 0 saturated carbocycles. The molecule has 0 saturated heterocycles. The molecule has 3 aromatic rings. The van der Waals surface area contributed by atoms with Crippen LogP contribution in [-0.2, 0) is 9.53 Å². The second-order valence-corrected chi connectivity index (χ2v) is 9.69. The zero-order chi connectivity index (χ0) is 22.3. The van der Waals surface area contributed by atoms with Gasteiger partial charge in [0, 0.05) is 28.4 Å². The van der Waals surface area contributed by atoms with Gasteiger partial charge in [0.1, 0.15) is 16.4 Å². The molecule has 9 heteroatoms. The van der Waals surface area contributed by atoms with Gasteiger partial charge >= 0.3 is 5.97 Å². The molecule has 3 aromatic heterocycles. The van der Waals surface area contributed by atoms with Crippen molar-refractivity contribution < 1.29 is 9.53 Å². The highest BCUT2D eigenvalue weighted by Crippen LogP contribution is 2.38. The number of thiophene rings is 1. The standard InChI is InChI=1S/C22H26N6O2S/c1-12-13(2)31-21-17(12)18(15-7-9-23-10-8-15)25-19(20-27-26-14(3)28(20)21)24-11-16(29)30-22(4,5)6/h7-10,19,24H,11H2,1-6H3. The zero-order valence-electron chi connectivity index (χ0n) is 18.6. The van der Waals surface area contributed by atoms with Crippen molar-refractivity contribution >= 4 is 23.0 Å². The van der Waals surface area contributed by atoms with E-state index in [1.54, 1.807) is 23.7 Å². The highest BCUT2D eigenvalue weighted by atomic mass is 32.1. The predicted molar refractivity (Wildman–Crippen MR) is 120 cm³/mol. The number of aryl methyl sites for hydroxylation is 2. The Bertz CT molecular complexity index is 1160. The highest BCUT2D eigenvalue weighted by molar-refractivity contribution is 7.15. The average Bonchev–Trinajstić information content (AvgIpc) is 3.17. The molecule has 0 aliphatic carbocycles. The van der Waals surface area contributed by atoms with Gasteiger partial charge in [-0.2, -0.15) is 0 Å². The van der Waals surface area contributed by atoms with Crippen LogP contribution in [0.3, 0.4) is 0 Å². The number of aliphatic imine (C=N–C) groups is 1. The number of ether oxygens (including phenoxy) is 1. The minimum atomic E-state index is -0.559. The number of hydrogen-bond acceptors (Lipinski definition) is 8. The summed E-state index contributed by atoms with van der Waals surface area (Å²) in [6.45, 7) is 11.7. The topological polar surface area (TPSA) is 94.3 Å². The summed E-state index contributed by atoms with van der Waals surface area (Å²) in [4.78, 5) is 22.7. The molecule has 1 atom stereocenters. The number of pyridine rings is 1. The van der Waals surface area contributed by atoms with Crippen LogP contribution in [0.1, 0.15) is 60.2 Å². The predicted octanol–water partition coefficient (Wildman–Crippen LogP) is 3.43. The van der Waals surface area contributed by atoms with Crippen molar-refractivity contribution in [3.05, 3.63) is 57.7 Å². The van der Waals surface area contributed by atoms with E-state index in [0.717, 1.165) is 27.7 Å². The quantitative estimate of drug-likeness (QED) is 0.627. The van der Waals surface area contributed by atoms with Crippen molar-refractivity contribution in [1.82, 2.24) is 25.1 Å². The van der Waals surface area contributed by atoms with Crippen molar-refractivity contribution in [1.29, 1.82) is 0 Å². The highest BCUT2D eigenvalue weighted by Gasteiger charge is 2.31. The summed E-state index contributed by atoms with van der Waals surface area (Å²) in [5.41, 5.74) is 3.47. The minimum absolute atomic E-state index is 0.00658. The van der Waals surface area contributed by atoms with Gasteiger partial charge in [0.15, 0.2) is 12.0 Å². The monoisotopic (exact) mass is 438 g/mol. The molecule has 8 nitrogen and oxygen atoms in total. The number of nitrogens with one attached hydrogen (secondary N) is 1. The number of aromatic nitrogens is 4. The molecule has 4 heterocycles. The fourth-order valence-electron chi connectivity index (χ4n) is 3.53. The lowest BCUT2D eigenvalue weighted by molar-refractivity contribution is -0.153. The molecule has 31 heavy (non-hydrogen) atoms. The molecule has 0 fully saturated rings. The number of esters is 1. The van der Waals surface area contributed by atoms with E-state index in [4.69, 9.17) is 9.73 Å². The van der Waals surface area contributed by atoms with Crippen molar-refractivity contribution in [2.24, 2.45) is 4.99 Å². The molecule has 4 rings (SSSR count). The maximum absolute atomic E-state index is 12.3. The van der Waals surface area contributed by atoms with Gasteiger partial charge in [-0.1, -0.05) is 0 Å². The van der Waals surface area contributed by atoms with Gasteiger partial charge in [0.25, 0.3) is 0 Å². The van der Waals surface area contributed by atoms with Gasteiger partial charge in [-0.3, -0.25) is 24.7 Å². The molecule has 0 aromatic carbocycles. The van der Waals surface area contributed by atoms with E-state index in [9.17, 15) is 4.79 Å². The van der Waals surface area contributed by atoms with Crippen LogP contribution in [0.15, 0.2) is 29.5 Å². The Labute approximate surface area is 185 Å². The molecule has 0 bridgehead atoms. The van der Waals surface area contributed by atoms with Crippen molar-refractivity contribution in [3.63, 3.8) is 0 Å². The van der Waals surface area contributed by atoms with E-state index in [1.807, 2.05) is 44.4 Å². The van der Waals surface area contributed by atoms with Crippen LogP contribution >= 0.6 is 11.3 Å². The summed E-state index contributed by atoms with van der Waals surface area (Å²) in [5.74, 6) is 1.07. The molecule has 0 radical (unpaired) electrons. The summed E-state index contributed by atoms with van der Waals surface area (Å²) < 4.78 is 7.48. The van der Waals surface area contributed by atoms with Crippen molar-refractivity contribution in [3.8, 4) is 5.00 Å². The van der Waals surface area contributed by atoms with E-state index < -0.39 is 11.8 Å². The number of fused-ring (bicyclic) bond motifs is 3. The summed E-state index contributed by atoms with van der Waals surface area (Å²) in [6.07, 6.45) is 2.95. The second-order valence-electron chi connectivity index (χ2n) is 8.49. The normalized spacial score (nSPS) is 15.7. The maximum atomic E-state index is 12.3. The number of rotatable bonds is 4. The lowest BCUT2D eigenvalue weighted by Gasteiger charge is -2.20. The summed E-state index contributed by atoms with van der Waals surface area (Å²) >= 11 is 1.69. The Hall–Kier alpha value is -2.91. The molecule has 0 spiro atoms. The molecule has 162 valence electrons.